The van der Waals surface area contributed by atoms with E-state index < -0.39 is 0 Å². The van der Waals surface area contributed by atoms with Crippen LogP contribution in [0.1, 0.15) is 57.3 Å². The molecule has 2 saturated heterocycles. The maximum atomic E-state index is 5.61. The van der Waals surface area contributed by atoms with Crippen molar-refractivity contribution in [2.24, 2.45) is 5.41 Å². The van der Waals surface area contributed by atoms with Gasteiger partial charge >= 0.3 is 0 Å². The van der Waals surface area contributed by atoms with Crippen LogP contribution in [0.2, 0.25) is 0 Å². The molecule has 184 valence electrons. The van der Waals surface area contributed by atoms with Crippen molar-refractivity contribution in [3.8, 4) is 0 Å². The fourth-order valence-corrected chi connectivity index (χ4v) is 5.93. The second kappa shape index (κ2) is 10.6. The number of hydrogen-bond acceptors (Lipinski definition) is 5. The smallest absolute Gasteiger partial charge is 0.117 e. The number of nitrogens with zero attached hydrogens (tertiary/aromatic N) is 3. The van der Waals surface area contributed by atoms with Crippen LogP contribution in [0, 0.1) is 5.41 Å². The first kappa shape index (κ1) is 23.5. The number of hydrogen-bond donors (Lipinski definition) is 0. The predicted octanol–water partition coefficient (Wildman–Crippen LogP) is 5.81. The molecule has 0 bridgehead atoms. The third-order valence-electron chi connectivity index (χ3n) is 8.58. The van der Waals surface area contributed by atoms with E-state index in [1.165, 1.54) is 49.0 Å². The minimum atomic E-state index is 0.503. The van der Waals surface area contributed by atoms with Crippen LogP contribution < -0.4 is 9.80 Å². The van der Waals surface area contributed by atoms with Crippen LogP contribution in [-0.2, 0) is 11.3 Å². The standard InChI is InChI=1S/C29H41N3O2/c1-3-29(4-2)11-9-24(10-12-29)27-22-25(31-17-20-33-21-18-31)7-8-28(27)32-15-13-30(14-16-32)23-26-6-5-19-34-26/h5-9,19,22H,3-4,10-18,20-21,23H2,1-2H3. The Labute approximate surface area is 205 Å². The summed E-state index contributed by atoms with van der Waals surface area (Å²) < 4.78 is 11.2. The highest BCUT2D eigenvalue weighted by atomic mass is 16.5. The lowest BCUT2D eigenvalue weighted by molar-refractivity contribution is 0.122. The topological polar surface area (TPSA) is 32.1 Å². The van der Waals surface area contributed by atoms with Crippen molar-refractivity contribution in [3.05, 3.63) is 54.0 Å². The summed E-state index contributed by atoms with van der Waals surface area (Å²) in [4.78, 5) is 7.61. The SMILES string of the molecule is CCC1(CC)CC=C(c2cc(N3CCOCC3)ccc2N2CCN(Cc3ccco3)CC2)CC1. The van der Waals surface area contributed by atoms with Crippen LogP contribution in [-0.4, -0.2) is 57.4 Å². The zero-order valence-corrected chi connectivity index (χ0v) is 21.1. The van der Waals surface area contributed by atoms with Gasteiger partial charge in [-0.25, -0.2) is 0 Å². The molecule has 0 saturated carbocycles. The number of rotatable bonds is 7. The molecule has 3 aliphatic rings. The lowest BCUT2D eigenvalue weighted by Crippen LogP contribution is -2.46. The fourth-order valence-electron chi connectivity index (χ4n) is 5.93. The lowest BCUT2D eigenvalue weighted by Gasteiger charge is -2.39. The molecule has 0 N–H and O–H groups in total. The molecule has 0 atom stereocenters. The second-order valence-electron chi connectivity index (χ2n) is 10.3. The zero-order chi connectivity index (χ0) is 23.4. The molecule has 3 heterocycles. The first-order valence-electron chi connectivity index (χ1n) is 13.4. The van der Waals surface area contributed by atoms with Crippen molar-refractivity contribution >= 4 is 16.9 Å². The number of furan rings is 1. The number of ether oxygens (including phenoxy) is 1. The highest BCUT2D eigenvalue weighted by Gasteiger charge is 2.30. The van der Waals surface area contributed by atoms with Gasteiger partial charge in [-0.3, -0.25) is 4.90 Å². The molecule has 1 aliphatic carbocycles. The van der Waals surface area contributed by atoms with Gasteiger partial charge in [0.25, 0.3) is 0 Å². The van der Waals surface area contributed by atoms with Crippen molar-refractivity contribution < 1.29 is 9.15 Å². The van der Waals surface area contributed by atoms with Gasteiger partial charge in [-0.2, -0.15) is 0 Å². The first-order valence-corrected chi connectivity index (χ1v) is 13.4. The van der Waals surface area contributed by atoms with E-state index in [0.717, 1.165) is 64.8 Å². The van der Waals surface area contributed by atoms with Gasteiger partial charge in [0, 0.05) is 56.2 Å². The molecular weight excluding hydrogens is 422 g/mol. The van der Waals surface area contributed by atoms with Crippen molar-refractivity contribution in [1.82, 2.24) is 4.90 Å². The highest BCUT2D eigenvalue weighted by molar-refractivity contribution is 5.80. The first-order chi connectivity index (χ1) is 16.7. The molecule has 0 radical (unpaired) electrons. The maximum Gasteiger partial charge on any atom is 0.117 e. The van der Waals surface area contributed by atoms with Gasteiger partial charge in [-0.05, 0) is 60.6 Å². The van der Waals surface area contributed by atoms with Gasteiger partial charge in [0.15, 0.2) is 0 Å². The molecule has 34 heavy (non-hydrogen) atoms. The van der Waals surface area contributed by atoms with Crippen molar-refractivity contribution in [1.29, 1.82) is 0 Å². The fraction of sp³-hybridized carbons (Fsp3) is 0.586. The van der Waals surface area contributed by atoms with Crippen LogP contribution in [0.4, 0.5) is 11.4 Å². The number of anilines is 2. The van der Waals surface area contributed by atoms with E-state index in [1.807, 2.05) is 6.07 Å². The summed E-state index contributed by atoms with van der Waals surface area (Å²) in [5.74, 6) is 1.06. The summed E-state index contributed by atoms with van der Waals surface area (Å²) in [6.45, 7) is 13.5. The van der Waals surface area contributed by atoms with E-state index in [9.17, 15) is 0 Å². The Bertz CT molecular complexity index is 950. The molecule has 0 amide bonds. The molecular formula is C29H41N3O2. The summed E-state index contributed by atoms with van der Waals surface area (Å²) in [5.41, 5.74) is 6.29. The minimum Gasteiger partial charge on any atom is -0.468 e. The zero-order valence-electron chi connectivity index (χ0n) is 21.1. The average Bonchev–Trinajstić information content (AvgIpc) is 3.42. The normalized spacial score (nSPS) is 21.5. The number of benzene rings is 1. The van der Waals surface area contributed by atoms with E-state index in [2.05, 4.69) is 58.9 Å². The van der Waals surface area contributed by atoms with Gasteiger partial charge in [0.05, 0.1) is 26.0 Å². The van der Waals surface area contributed by atoms with E-state index in [0.29, 0.717) is 5.41 Å². The Morgan fingerprint density at radius 1 is 0.912 bits per heavy atom. The summed E-state index contributed by atoms with van der Waals surface area (Å²) in [5, 5.41) is 0. The van der Waals surface area contributed by atoms with Crippen LogP contribution in [0.25, 0.3) is 5.57 Å². The molecule has 5 heteroatoms. The molecule has 2 aromatic rings. The van der Waals surface area contributed by atoms with Crippen molar-refractivity contribution in [3.63, 3.8) is 0 Å². The van der Waals surface area contributed by atoms with E-state index in [-0.39, 0.29) is 0 Å². The lowest BCUT2D eigenvalue weighted by atomic mass is 9.70. The van der Waals surface area contributed by atoms with Crippen molar-refractivity contribution in [2.75, 3.05) is 62.3 Å². The Kier molecular flexibility index (Phi) is 7.31. The molecule has 0 spiro atoms. The molecule has 2 fully saturated rings. The molecule has 1 aromatic heterocycles. The highest BCUT2D eigenvalue weighted by Crippen LogP contribution is 2.45. The average molecular weight is 464 g/mol. The number of allylic oxidation sites excluding steroid dienone is 2. The van der Waals surface area contributed by atoms with E-state index in [4.69, 9.17) is 9.15 Å². The van der Waals surface area contributed by atoms with E-state index >= 15 is 0 Å². The van der Waals surface area contributed by atoms with E-state index in [1.54, 1.807) is 11.8 Å². The van der Waals surface area contributed by atoms with Crippen LogP contribution >= 0.6 is 0 Å². The van der Waals surface area contributed by atoms with Gasteiger partial charge in [0.1, 0.15) is 5.76 Å². The van der Waals surface area contributed by atoms with Crippen LogP contribution in [0.3, 0.4) is 0 Å². The Balaban J connectivity index is 1.37. The van der Waals surface area contributed by atoms with Gasteiger partial charge < -0.3 is 19.0 Å². The predicted molar refractivity (Wildman–Crippen MR) is 141 cm³/mol. The van der Waals surface area contributed by atoms with Crippen molar-refractivity contribution in [2.45, 2.75) is 52.5 Å². The Hall–Kier alpha value is -2.24. The largest absolute Gasteiger partial charge is 0.468 e. The quantitative estimate of drug-likeness (QED) is 0.517. The number of piperazine rings is 1. The third-order valence-corrected chi connectivity index (χ3v) is 8.58. The van der Waals surface area contributed by atoms with Gasteiger partial charge in [-0.15, -0.1) is 0 Å². The molecule has 1 aromatic carbocycles. The van der Waals surface area contributed by atoms with Crippen LogP contribution in [0.15, 0.2) is 47.1 Å². The molecule has 2 aliphatic heterocycles. The van der Waals surface area contributed by atoms with Gasteiger partial charge in [-0.1, -0.05) is 32.8 Å². The molecule has 5 nitrogen and oxygen atoms in total. The summed E-state index contributed by atoms with van der Waals surface area (Å²) in [6.07, 6.45) is 10.6. The Morgan fingerprint density at radius 2 is 1.71 bits per heavy atom. The summed E-state index contributed by atoms with van der Waals surface area (Å²) in [7, 11) is 0. The third kappa shape index (κ3) is 5.06. The second-order valence-corrected chi connectivity index (χ2v) is 10.3. The minimum absolute atomic E-state index is 0.503. The van der Waals surface area contributed by atoms with Crippen LogP contribution in [0.5, 0.6) is 0 Å². The van der Waals surface area contributed by atoms with Gasteiger partial charge in [0.2, 0.25) is 0 Å². The Morgan fingerprint density at radius 3 is 2.35 bits per heavy atom. The summed E-state index contributed by atoms with van der Waals surface area (Å²) >= 11 is 0. The maximum absolute atomic E-state index is 5.61. The monoisotopic (exact) mass is 463 g/mol. The molecule has 5 rings (SSSR count). The summed E-state index contributed by atoms with van der Waals surface area (Å²) in [6, 6.07) is 11.3. The number of morpholine rings is 1. The molecule has 0 unspecified atom stereocenters.